The maximum absolute atomic E-state index is 12.9. The van der Waals surface area contributed by atoms with Crippen LogP contribution in [0.3, 0.4) is 0 Å². The minimum Gasteiger partial charge on any atom is -0.337 e. The van der Waals surface area contributed by atoms with E-state index >= 15 is 0 Å². The molecule has 0 spiro atoms. The molecule has 5 rings (SSSR count). The molecule has 0 atom stereocenters. The van der Waals surface area contributed by atoms with Gasteiger partial charge in [-0.1, -0.05) is 58.7 Å². The second kappa shape index (κ2) is 7.27. The molecule has 2 aromatic carbocycles. The second-order valence-electron chi connectivity index (χ2n) is 6.98. The monoisotopic (exact) mass is 417 g/mol. The Morgan fingerprint density at radius 2 is 1.87 bits per heavy atom. The predicted octanol–water partition coefficient (Wildman–Crippen LogP) is 4.22. The number of aryl methyl sites for hydroxylation is 1. The Kier molecular flexibility index (Phi) is 4.44. The molecule has 0 saturated carbocycles. The molecule has 0 N–H and O–H groups in total. The largest absolute Gasteiger partial charge is 0.337 e. The van der Waals surface area contributed by atoms with Crippen molar-refractivity contribution in [1.82, 2.24) is 24.3 Å². The zero-order valence-corrected chi connectivity index (χ0v) is 16.7. The van der Waals surface area contributed by atoms with Crippen LogP contribution >= 0.6 is 11.6 Å². The average molecular weight is 418 g/mol. The SMILES string of the molecule is Cc1ccc(-c2cc3c(=O)n(Cc4nc(-c5cccc(Cl)c5)no4)ccn3n2)cc1. The molecule has 0 radical (unpaired) electrons. The van der Waals surface area contributed by atoms with E-state index < -0.39 is 0 Å². The summed E-state index contributed by atoms with van der Waals surface area (Å²) in [5.41, 5.74) is 3.90. The molecule has 0 amide bonds. The molecule has 0 fully saturated rings. The van der Waals surface area contributed by atoms with Crippen molar-refractivity contribution in [2.75, 3.05) is 0 Å². The lowest BCUT2D eigenvalue weighted by atomic mass is 10.1. The lowest BCUT2D eigenvalue weighted by molar-refractivity contribution is 0.370. The van der Waals surface area contributed by atoms with Crippen LogP contribution < -0.4 is 5.56 Å². The molecule has 0 aliphatic rings. The summed E-state index contributed by atoms with van der Waals surface area (Å²) < 4.78 is 8.43. The van der Waals surface area contributed by atoms with Gasteiger partial charge in [-0.3, -0.25) is 4.79 Å². The van der Waals surface area contributed by atoms with E-state index in [1.165, 1.54) is 10.1 Å². The molecular formula is C22H16ClN5O2. The molecule has 0 bridgehead atoms. The molecule has 0 saturated heterocycles. The van der Waals surface area contributed by atoms with Crippen LogP contribution in [0.5, 0.6) is 0 Å². The normalized spacial score (nSPS) is 11.3. The van der Waals surface area contributed by atoms with E-state index in [0.29, 0.717) is 22.3 Å². The van der Waals surface area contributed by atoms with Crippen molar-refractivity contribution in [3.8, 4) is 22.6 Å². The summed E-state index contributed by atoms with van der Waals surface area (Å²) in [4.78, 5) is 17.3. The molecule has 0 aliphatic carbocycles. The lowest BCUT2D eigenvalue weighted by Gasteiger charge is -2.02. The summed E-state index contributed by atoms with van der Waals surface area (Å²) in [6.45, 7) is 2.19. The van der Waals surface area contributed by atoms with E-state index in [9.17, 15) is 4.79 Å². The Balaban J connectivity index is 1.46. The Labute approximate surface area is 176 Å². The molecule has 5 aromatic rings. The van der Waals surface area contributed by atoms with E-state index in [2.05, 4.69) is 15.2 Å². The third-order valence-corrected chi connectivity index (χ3v) is 5.04. The molecule has 148 valence electrons. The van der Waals surface area contributed by atoms with Crippen molar-refractivity contribution >= 4 is 17.1 Å². The number of halogens is 1. The molecular weight excluding hydrogens is 402 g/mol. The zero-order chi connectivity index (χ0) is 20.7. The first-order chi connectivity index (χ1) is 14.6. The van der Waals surface area contributed by atoms with E-state index in [0.717, 1.165) is 16.8 Å². The van der Waals surface area contributed by atoms with E-state index in [1.54, 1.807) is 35.1 Å². The van der Waals surface area contributed by atoms with Crippen molar-refractivity contribution in [3.05, 3.63) is 93.8 Å². The summed E-state index contributed by atoms with van der Waals surface area (Å²) in [5.74, 6) is 0.752. The van der Waals surface area contributed by atoms with Crippen molar-refractivity contribution in [2.24, 2.45) is 0 Å². The number of benzene rings is 2. The van der Waals surface area contributed by atoms with Gasteiger partial charge in [-0.15, -0.1) is 0 Å². The first-order valence-corrected chi connectivity index (χ1v) is 9.69. The molecule has 0 unspecified atom stereocenters. The number of fused-ring (bicyclic) bond motifs is 1. The highest BCUT2D eigenvalue weighted by Gasteiger charge is 2.13. The van der Waals surface area contributed by atoms with Crippen molar-refractivity contribution < 1.29 is 4.52 Å². The van der Waals surface area contributed by atoms with Crippen LogP contribution in [-0.2, 0) is 6.54 Å². The zero-order valence-electron chi connectivity index (χ0n) is 16.0. The van der Waals surface area contributed by atoms with Crippen LogP contribution in [0.15, 0.2) is 76.3 Å². The summed E-state index contributed by atoms with van der Waals surface area (Å²) in [5, 5.41) is 9.09. The van der Waals surface area contributed by atoms with Gasteiger partial charge >= 0.3 is 0 Å². The van der Waals surface area contributed by atoms with Crippen molar-refractivity contribution in [1.29, 1.82) is 0 Å². The van der Waals surface area contributed by atoms with Gasteiger partial charge < -0.3 is 9.09 Å². The van der Waals surface area contributed by atoms with Gasteiger partial charge in [0.2, 0.25) is 11.7 Å². The third-order valence-electron chi connectivity index (χ3n) is 4.81. The van der Waals surface area contributed by atoms with Crippen molar-refractivity contribution in [2.45, 2.75) is 13.5 Å². The van der Waals surface area contributed by atoms with Gasteiger partial charge in [0, 0.05) is 28.5 Å². The molecule has 7 nitrogen and oxygen atoms in total. The molecule has 30 heavy (non-hydrogen) atoms. The first-order valence-electron chi connectivity index (χ1n) is 9.31. The van der Waals surface area contributed by atoms with Gasteiger partial charge in [0.1, 0.15) is 12.1 Å². The van der Waals surface area contributed by atoms with E-state index in [4.69, 9.17) is 16.1 Å². The van der Waals surface area contributed by atoms with Gasteiger partial charge in [0.15, 0.2) is 0 Å². The maximum atomic E-state index is 12.9. The Hall–Kier alpha value is -3.71. The lowest BCUT2D eigenvalue weighted by Crippen LogP contribution is -2.21. The van der Waals surface area contributed by atoms with E-state index in [-0.39, 0.29) is 12.1 Å². The summed E-state index contributed by atoms with van der Waals surface area (Å²) in [6, 6.07) is 17.0. The summed E-state index contributed by atoms with van der Waals surface area (Å²) in [6.07, 6.45) is 3.40. The van der Waals surface area contributed by atoms with Crippen molar-refractivity contribution in [3.63, 3.8) is 0 Å². The van der Waals surface area contributed by atoms with Gasteiger partial charge in [-0.2, -0.15) is 10.1 Å². The topological polar surface area (TPSA) is 78.2 Å². The Morgan fingerprint density at radius 1 is 1.03 bits per heavy atom. The average Bonchev–Trinajstić information content (AvgIpc) is 3.38. The maximum Gasteiger partial charge on any atom is 0.277 e. The predicted molar refractivity (Wildman–Crippen MR) is 113 cm³/mol. The summed E-state index contributed by atoms with van der Waals surface area (Å²) in [7, 11) is 0. The van der Waals surface area contributed by atoms with Gasteiger partial charge in [0.05, 0.1) is 5.69 Å². The Bertz CT molecular complexity index is 1420. The van der Waals surface area contributed by atoms with Crippen LogP contribution in [0.25, 0.3) is 28.2 Å². The quantitative estimate of drug-likeness (QED) is 0.437. The number of hydrogen-bond donors (Lipinski definition) is 0. The van der Waals surface area contributed by atoms with Gasteiger partial charge in [-0.05, 0) is 25.1 Å². The fraction of sp³-hybridized carbons (Fsp3) is 0.0909. The summed E-state index contributed by atoms with van der Waals surface area (Å²) >= 11 is 6.02. The van der Waals surface area contributed by atoms with Crippen LogP contribution in [0.1, 0.15) is 11.5 Å². The highest BCUT2D eigenvalue weighted by atomic mass is 35.5. The Morgan fingerprint density at radius 3 is 2.67 bits per heavy atom. The first kappa shape index (κ1) is 18.3. The molecule has 8 heteroatoms. The highest BCUT2D eigenvalue weighted by Crippen LogP contribution is 2.21. The van der Waals surface area contributed by atoms with Crippen LogP contribution in [0.4, 0.5) is 0 Å². The number of rotatable bonds is 4. The van der Waals surface area contributed by atoms with E-state index in [1.807, 2.05) is 43.3 Å². The number of hydrogen-bond acceptors (Lipinski definition) is 5. The fourth-order valence-corrected chi connectivity index (χ4v) is 3.42. The standard InChI is InChI=1S/C22H16ClN5O2/c1-14-5-7-15(8-6-14)18-12-19-22(29)27(9-10-28(19)25-18)13-20-24-21(26-30-20)16-3-2-4-17(23)11-16/h2-12H,13H2,1H3. The number of nitrogens with zero attached hydrogens (tertiary/aromatic N) is 5. The van der Waals surface area contributed by atoms with Crippen LogP contribution in [-0.4, -0.2) is 24.3 Å². The second-order valence-corrected chi connectivity index (χ2v) is 7.42. The minimum absolute atomic E-state index is 0.161. The minimum atomic E-state index is -0.189. The highest BCUT2D eigenvalue weighted by molar-refractivity contribution is 6.30. The van der Waals surface area contributed by atoms with Gasteiger partial charge in [-0.25, -0.2) is 4.52 Å². The van der Waals surface area contributed by atoms with Crippen LogP contribution in [0.2, 0.25) is 5.02 Å². The fourth-order valence-electron chi connectivity index (χ4n) is 3.23. The molecule has 3 heterocycles. The molecule has 0 aliphatic heterocycles. The number of aromatic nitrogens is 5. The molecule has 3 aromatic heterocycles. The smallest absolute Gasteiger partial charge is 0.277 e. The van der Waals surface area contributed by atoms with Gasteiger partial charge in [0.25, 0.3) is 5.56 Å². The van der Waals surface area contributed by atoms with Crippen LogP contribution in [0, 0.1) is 6.92 Å². The third kappa shape index (κ3) is 3.40.